The fourth-order valence-electron chi connectivity index (χ4n) is 1.82. The Balaban J connectivity index is 2.07. The van der Waals surface area contributed by atoms with Crippen LogP contribution < -0.4 is 14.9 Å². The maximum absolute atomic E-state index is 12.1. The van der Waals surface area contributed by atoms with Crippen molar-refractivity contribution in [3.05, 3.63) is 59.2 Å². The van der Waals surface area contributed by atoms with Gasteiger partial charge in [-0.3, -0.25) is 4.79 Å². The van der Waals surface area contributed by atoms with Gasteiger partial charge in [-0.05, 0) is 24.6 Å². The third kappa shape index (κ3) is 4.09. The first kappa shape index (κ1) is 15.6. The molecular formula is C17H18N2O3. The molecule has 0 aliphatic carbocycles. The summed E-state index contributed by atoms with van der Waals surface area (Å²) >= 11 is 0. The molecule has 22 heavy (non-hydrogen) atoms. The zero-order valence-electron chi connectivity index (χ0n) is 12.8. The predicted molar refractivity (Wildman–Crippen MR) is 85.8 cm³/mol. The molecule has 114 valence electrons. The highest BCUT2D eigenvalue weighted by Crippen LogP contribution is 2.22. The van der Waals surface area contributed by atoms with Crippen LogP contribution in [0, 0.1) is 6.92 Å². The number of aryl methyl sites for hydroxylation is 1. The van der Waals surface area contributed by atoms with Gasteiger partial charge in [-0.25, -0.2) is 5.43 Å². The summed E-state index contributed by atoms with van der Waals surface area (Å²) in [6, 6.07) is 12.8. The second-order valence-electron chi connectivity index (χ2n) is 4.71. The molecule has 2 aromatic rings. The van der Waals surface area contributed by atoms with Crippen molar-refractivity contribution in [1.29, 1.82) is 0 Å². The Labute approximate surface area is 129 Å². The molecule has 2 aromatic carbocycles. The molecule has 0 unspecified atom stereocenters. The maximum Gasteiger partial charge on any atom is 0.271 e. The number of methoxy groups -OCH3 is 2. The van der Waals surface area contributed by atoms with Crippen LogP contribution in [0.25, 0.3) is 0 Å². The molecule has 0 radical (unpaired) electrons. The molecule has 0 saturated carbocycles. The maximum atomic E-state index is 12.1. The fraction of sp³-hybridized carbons (Fsp3) is 0.176. The first-order valence-electron chi connectivity index (χ1n) is 6.75. The van der Waals surface area contributed by atoms with E-state index in [4.69, 9.17) is 9.47 Å². The van der Waals surface area contributed by atoms with Gasteiger partial charge in [-0.2, -0.15) is 5.10 Å². The van der Waals surface area contributed by atoms with Gasteiger partial charge in [0.25, 0.3) is 5.91 Å². The molecule has 5 heteroatoms. The first-order chi connectivity index (χ1) is 10.6. The predicted octanol–water partition coefficient (Wildman–Crippen LogP) is 2.78. The van der Waals surface area contributed by atoms with Crippen LogP contribution in [0.1, 0.15) is 21.5 Å². The Morgan fingerprint density at radius 1 is 1.05 bits per heavy atom. The van der Waals surface area contributed by atoms with Crippen LogP contribution in [0.3, 0.4) is 0 Å². The van der Waals surface area contributed by atoms with E-state index in [-0.39, 0.29) is 5.91 Å². The Morgan fingerprint density at radius 2 is 1.64 bits per heavy atom. The Morgan fingerprint density at radius 3 is 2.18 bits per heavy atom. The first-order valence-corrected chi connectivity index (χ1v) is 6.75. The van der Waals surface area contributed by atoms with Gasteiger partial charge in [-0.1, -0.05) is 29.8 Å². The molecule has 0 fully saturated rings. The topological polar surface area (TPSA) is 59.9 Å². The molecule has 0 saturated heterocycles. The van der Waals surface area contributed by atoms with Gasteiger partial charge in [0.05, 0.1) is 20.4 Å². The summed E-state index contributed by atoms with van der Waals surface area (Å²) < 4.78 is 10.3. The van der Waals surface area contributed by atoms with Gasteiger partial charge < -0.3 is 9.47 Å². The Kier molecular flexibility index (Phi) is 5.14. The zero-order chi connectivity index (χ0) is 15.9. The number of hydrogen-bond donors (Lipinski definition) is 1. The summed E-state index contributed by atoms with van der Waals surface area (Å²) in [4.78, 5) is 12.1. The molecule has 1 amide bonds. The Bertz CT molecular complexity index is 657. The normalized spacial score (nSPS) is 10.5. The molecular weight excluding hydrogens is 280 g/mol. The van der Waals surface area contributed by atoms with Crippen LogP contribution in [0.2, 0.25) is 0 Å². The second kappa shape index (κ2) is 7.26. The van der Waals surface area contributed by atoms with Crippen molar-refractivity contribution in [2.75, 3.05) is 14.2 Å². The van der Waals surface area contributed by atoms with Crippen molar-refractivity contribution in [3.63, 3.8) is 0 Å². The molecule has 0 aliphatic rings. The van der Waals surface area contributed by atoms with E-state index in [1.807, 2.05) is 31.2 Å². The lowest BCUT2D eigenvalue weighted by Crippen LogP contribution is -2.17. The molecule has 0 atom stereocenters. The monoisotopic (exact) mass is 298 g/mol. The van der Waals surface area contributed by atoms with E-state index >= 15 is 0 Å². The highest BCUT2D eigenvalue weighted by atomic mass is 16.5. The van der Waals surface area contributed by atoms with Crippen molar-refractivity contribution in [2.45, 2.75) is 6.92 Å². The third-order valence-corrected chi connectivity index (χ3v) is 3.07. The summed E-state index contributed by atoms with van der Waals surface area (Å²) in [5.41, 5.74) is 4.98. The average Bonchev–Trinajstić information content (AvgIpc) is 2.56. The van der Waals surface area contributed by atoms with E-state index in [0.717, 1.165) is 5.56 Å². The van der Waals surface area contributed by atoms with Crippen molar-refractivity contribution >= 4 is 12.1 Å². The standard InChI is InChI=1S/C17H18N2O3/c1-12-4-6-13(7-5-12)11-18-19-17(20)14-8-15(21-2)10-16(9-14)22-3/h4-11H,1-3H3,(H,19,20)/b18-11+. The molecule has 2 rings (SSSR count). The van der Waals surface area contributed by atoms with Gasteiger partial charge in [0.1, 0.15) is 11.5 Å². The van der Waals surface area contributed by atoms with Gasteiger partial charge in [-0.15, -0.1) is 0 Å². The van der Waals surface area contributed by atoms with E-state index < -0.39 is 0 Å². The second-order valence-corrected chi connectivity index (χ2v) is 4.71. The van der Waals surface area contributed by atoms with Crippen LogP contribution in [-0.2, 0) is 0 Å². The van der Waals surface area contributed by atoms with Crippen molar-refractivity contribution in [2.24, 2.45) is 5.10 Å². The molecule has 5 nitrogen and oxygen atoms in total. The third-order valence-electron chi connectivity index (χ3n) is 3.07. The number of carbonyl (C=O) groups is 1. The van der Waals surface area contributed by atoms with Gasteiger partial charge >= 0.3 is 0 Å². The minimum atomic E-state index is -0.333. The van der Waals surface area contributed by atoms with Gasteiger partial charge in [0.2, 0.25) is 0 Å². The lowest BCUT2D eigenvalue weighted by molar-refractivity contribution is 0.0954. The van der Waals surface area contributed by atoms with E-state index in [2.05, 4.69) is 10.5 Å². The fourth-order valence-corrected chi connectivity index (χ4v) is 1.82. The van der Waals surface area contributed by atoms with Gasteiger partial charge in [0, 0.05) is 11.6 Å². The summed E-state index contributed by atoms with van der Waals surface area (Å²) in [6.45, 7) is 2.01. The molecule has 0 bridgehead atoms. The van der Waals surface area contributed by atoms with Crippen LogP contribution in [-0.4, -0.2) is 26.3 Å². The van der Waals surface area contributed by atoms with Gasteiger partial charge in [0.15, 0.2) is 0 Å². The van der Waals surface area contributed by atoms with E-state index in [1.165, 1.54) is 19.8 Å². The van der Waals surface area contributed by atoms with Crippen molar-refractivity contribution in [3.8, 4) is 11.5 Å². The molecule has 0 heterocycles. The smallest absolute Gasteiger partial charge is 0.271 e. The average molecular weight is 298 g/mol. The number of nitrogens with zero attached hydrogens (tertiary/aromatic N) is 1. The highest BCUT2D eigenvalue weighted by molar-refractivity contribution is 5.95. The minimum absolute atomic E-state index is 0.333. The quantitative estimate of drug-likeness (QED) is 0.682. The molecule has 0 aromatic heterocycles. The lowest BCUT2D eigenvalue weighted by Gasteiger charge is -2.07. The summed E-state index contributed by atoms with van der Waals surface area (Å²) in [6.07, 6.45) is 1.59. The number of hydrogen-bond acceptors (Lipinski definition) is 4. The summed E-state index contributed by atoms with van der Waals surface area (Å²) in [5.74, 6) is 0.764. The number of nitrogens with one attached hydrogen (secondary N) is 1. The SMILES string of the molecule is COc1cc(OC)cc(C(=O)N/N=C/c2ccc(C)cc2)c1. The number of amides is 1. The van der Waals surface area contributed by atoms with Crippen LogP contribution in [0.15, 0.2) is 47.6 Å². The molecule has 0 aliphatic heterocycles. The van der Waals surface area contributed by atoms with Crippen LogP contribution >= 0.6 is 0 Å². The van der Waals surface area contributed by atoms with E-state index in [0.29, 0.717) is 17.1 Å². The summed E-state index contributed by atoms with van der Waals surface area (Å²) in [5, 5.41) is 3.95. The number of ether oxygens (including phenoxy) is 2. The largest absolute Gasteiger partial charge is 0.497 e. The zero-order valence-corrected chi connectivity index (χ0v) is 12.8. The van der Waals surface area contributed by atoms with Crippen LogP contribution in [0.4, 0.5) is 0 Å². The van der Waals surface area contributed by atoms with Crippen molar-refractivity contribution < 1.29 is 14.3 Å². The highest BCUT2D eigenvalue weighted by Gasteiger charge is 2.08. The number of carbonyl (C=O) groups excluding carboxylic acids is 1. The molecule has 0 spiro atoms. The summed E-state index contributed by atoms with van der Waals surface area (Å²) in [7, 11) is 3.07. The van der Waals surface area contributed by atoms with Crippen molar-refractivity contribution in [1.82, 2.24) is 5.43 Å². The van der Waals surface area contributed by atoms with E-state index in [1.54, 1.807) is 24.4 Å². The number of benzene rings is 2. The van der Waals surface area contributed by atoms with Crippen LogP contribution in [0.5, 0.6) is 11.5 Å². The lowest BCUT2D eigenvalue weighted by atomic mass is 10.2. The van der Waals surface area contributed by atoms with E-state index in [9.17, 15) is 4.79 Å². The number of hydrazone groups is 1. The number of rotatable bonds is 5. The minimum Gasteiger partial charge on any atom is -0.497 e. The Hall–Kier alpha value is -2.82. The molecule has 1 N–H and O–H groups in total.